The zero-order chi connectivity index (χ0) is 13.2. The molecule has 0 aromatic rings. The molecule has 17 heavy (non-hydrogen) atoms. The van der Waals surface area contributed by atoms with Gasteiger partial charge in [-0.15, -0.1) is 0 Å². The fraction of sp³-hybridized carbons (Fsp3) is 0.750. The lowest BCUT2D eigenvalue weighted by atomic mass is 10.2. The van der Waals surface area contributed by atoms with E-state index in [1.807, 2.05) is 0 Å². The van der Waals surface area contributed by atoms with Gasteiger partial charge in [-0.2, -0.15) is 0 Å². The Hall–Kier alpha value is -1.19. The highest BCUT2D eigenvalue weighted by Crippen LogP contribution is 2.17. The lowest BCUT2D eigenvalue weighted by Gasteiger charge is -2.19. The van der Waals surface area contributed by atoms with E-state index in [2.05, 4.69) is 0 Å². The van der Waals surface area contributed by atoms with Crippen molar-refractivity contribution in [2.75, 3.05) is 13.1 Å². The van der Waals surface area contributed by atoms with Crippen LogP contribution in [0.3, 0.4) is 0 Å². The summed E-state index contributed by atoms with van der Waals surface area (Å²) < 4.78 is 22.1. The highest BCUT2D eigenvalue weighted by molar-refractivity contribution is 7.89. The Morgan fingerprint density at radius 3 is 2.59 bits per heavy atom. The maximum atomic E-state index is 11.4. The number of aliphatic hydroxyl groups is 1. The number of carbonyl (C=O) groups is 2. The van der Waals surface area contributed by atoms with E-state index in [1.54, 1.807) is 0 Å². The topological polar surface area (TPSA) is 138 Å². The molecule has 0 aromatic carbocycles. The molecule has 8 nitrogen and oxygen atoms in total. The second kappa shape index (κ2) is 4.98. The van der Waals surface area contributed by atoms with Gasteiger partial charge in [-0.3, -0.25) is 9.59 Å². The van der Waals surface area contributed by atoms with Crippen molar-refractivity contribution >= 4 is 21.9 Å². The predicted octanol–water partition coefficient (Wildman–Crippen LogP) is -2.29. The normalized spacial score (nSPS) is 22.8. The van der Waals surface area contributed by atoms with Gasteiger partial charge in [0.15, 0.2) is 0 Å². The Labute approximate surface area is 98.1 Å². The summed E-state index contributed by atoms with van der Waals surface area (Å²) in [5, 5.41) is 21.7. The number of β-amino-alcohol motifs (C(OH)–C–C–N with tert-alkyl or cyclic N) is 1. The van der Waals surface area contributed by atoms with Crippen molar-refractivity contribution in [3.8, 4) is 0 Å². The van der Waals surface area contributed by atoms with Crippen molar-refractivity contribution in [1.82, 2.24) is 4.90 Å². The third-order valence-corrected chi connectivity index (χ3v) is 3.73. The summed E-state index contributed by atoms with van der Waals surface area (Å²) in [6.45, 7) is -0.300. The molecule has 0 saturated carbocycles. The monoisotopic (exact) mass is 266 g/mol. The van der Waals surface area contributed by atoms with Crippen LogP contribution >= 0.6 is 0 Å². The van der Waals surface area contributed by atoms with E-state index >= 15 is 0 Å². The zero-order valence-electron chi connectivity index (χ0n) is 8.94. The molecule has 1 aliphatic heterocycles. The van der Waals surface area contributed by atoms with Gasteiger partial charge in [-0.05, 0) is 0 Å². The first-order valence-electron chi connectivity index (χ1n) is 4.89. The standard InChI is InChI=1S/C8H14N2O6S/c9-17(15,16)6-2-7(12)10(4-6)3-5(11)1-8(13)14/h5-6,11H,1-4H2,(H,13,14)(H2,9,15,16). The van der Waals surface area contributed by atoms with E-state index in [-0.39, 0.29) is 19.5 Å². The number of nitrogens with two attached hydrogens (primary N) is 1. The Kier molecular flexibility index (Phi) is 4.07. The average Bonchev–Trinajstić information content (AvgIpc) is 2.45. The molecule has 0 bridgehead atoms. The summed E-state index contributed by atoms with van der Waals surface area (Å²) in [7, 11) is -3.79. The summed E-state index contributed by atoms with van der Waals surface area (Å²) in [6.07, 6.45) is -1.93. The van der Waals surface area contributed by atoms with Crippen molar-refractivity contribution in [3.05, 3.63) is 0 Å². The van der Waals surface area contributed by atoms with Gasteiger partial charge in [-0.25, -0.2) is 13.6 Å². The smallest absolute Gasteiger partial charge is 0.306 e. The first kappa shape index (κ1) is 13.9. The van der Waals surface area contributed by atoms with Crippen LogP contribution < -0.4 is 5.14 Å². The third-order valence-electron chi connectivity index (χ3n) is 2.49. The second-order valence-corrected chi connectivity index (χ2v) is 5.81. The van der Waals surface area contributed by atoms with Crippen LogP contribution in [0.2, 0.25) is 0 Å². The van der Waals surface area contributed by atoms with Crippen LogP contribution in [0, 0.1) is 0 Å². The van der Waals surface area contributed by atoms with Gasteiger partial charge in [-0.1, -0.05) is 0 Å². The molecule has 0 aliphatic carbocycles. The summed E-state index contributed by atoms with van der Waals surface area (Å²) in [6, 6.07) is 0. The van der Waals surface area contributed by atoms with Crippen molar-refractivity contribution < 1.29 is 28.2 Å². The number of sulfonamides is 1. The van der Waals surface area contributed by atoms with Crippen LogP contribution in [-0.2, 0) is 19.6 Å². The fourth-order valence-electron chi connectivity index (χ4n) is 1.65. The van der Waals surface area contributed by atoms with Crippen LogP contribution in [0.25, 0.3) is 0 Å². The quantitative estimate of drug-likeness (QED) is 0.512. The third kappa shape index (κ3) is 3.95. The number of likely N-dealkylation sites (tertiary alicyclic amines) is 1. The molecule has 1 fully saturated rings. The first-order valence-corrected chi connectivity index (χ1v) is 6.50. The molecule has 1 rings (SSSR count). The van der Waals surface area contributed by atoms with E-state index < -0.39 is 39.7 Å². The lowest BCUT2D eigenvalue weighted by molar-refractivity contribution is -0.140. The number of rotatable bonds is 5. The average molecular weight is 266 g/mol. The van der Waals surface area contributed by atoms with Crippen LogP contribution in [0.1, 0.15) is 12.8 Å². The molecule has 98 valence electrons. The van der Waals surface area contributed by atoms with Crippen molar-refractivity contribution in [2.24, 2.45) is 5.14 Å². The van der Waals surface area contributed by atoms with Crippen molar-refractivity contribution in [3.63, 3.8) is 0 Å². The Morgan fingerprint density at radius 2 is 2.18 bits per heavy atom. The number of hydrogen-bond acceptors (Lipinski definition) is 5. The van der Waals surface area contributed by atoms with Crippen molar-refractivity contribution in [1.29, 1.82) is 0 Å². The number of nitrogens with zero attached hydrogens (tertiary/aromatic N) is 1. The summed E-state index contributed by atoms with van der Waals surface area (Å²) in [4.78, 5) is 22.8. The Bertz CT molecular complexity index is 420. The summed E-state index contributed by atoms with van der Waals surface area (Å²) >= 11 is 0. The van der Waals surface area contributed by atoms with Gasteiger partial charge < -0.3 is 15.1 Å². The van der Waals surface area contributed by atoms with Gasteiger partial charge in [0.1, 0.15) is 5.25 Å². The van der Waals surface area contributed by atoms with Gasteiger partial charge >= 0.3 is 5.97 Å². The highest BCUT2D eigenvalue weighted by atomic mass is 32.2. The maximum Gasteiger partial charge on any atom is 0.306 e. The number of aliphatic hydroxyl groups excluding tert-OH is 1. The molecule has 1 heterocycles. The number of carboxylic acids is 1. The molecule has 0 radical (unpaired) electrons. The van der Waals surface area contributed by atoms with Crippen LogP contribution in [-0.4, -0.2) is 59.9 Å². The zero-order valence-corrected chi connectivity index (χ0v) is 9.76. The number of amides is 1. The fourth-order valence-corrected chi connectivity index (χ4v) is 2.42. The molecule has 2 atom stereocenters. The van der Waals surface area contributed by atoms with Crippen LogP contribution in [0.5, 0.6) is 0 Å². The van der Waals surface area contributed by atoms with Gasteiger partial charge in [0.05, 0.1) is 12.5 Å². The van der Waals surface area contributed by atoms with E-state index in [1.165, 1.54) is 0 Å². The van der Waals surface area contributed by atoms with Gasteiger partial charge in [0, 0.05) is 19.5 Å². The second-order valence-electron chi connectivity index (χ2n) is 3.97. The molecular weight excluding hydrogens is 252 g/mol. The minimum Gasteiger partial charge on any atom is -0.481 e. The SMILES string of the molecule is NS(=O)(=O)C1CC(=O)N(CC(O)CC(=O)O)C1. The minimum absolute atomic E-state index is 0.103. The molecule has 9 heteroatoms. The van der Waals surface area contributed by atoms with Crippen molar-refractivity contribution in [2.45, 2.75) is 24.2 Å². The summed E-state index contributed by atoms with van der Waals surface area (Å²) in [5.41, 5.74) is 0. The minimum atomic E-state index is -3.79. The van der Waals surface area contributed by atoms with E-state index in [0.717, 1.165) is 4.90 Å². The Balaban J connectivity index is 2.57. The molecule has 1 aliphatic rings. The molecule has 0 spiro atoms. The number of hydrogen-bond donors (Lipinski definition) is 3. The largest absolute Gasteiger partial charge is 0.481 e. The maximum absolute atomic E-state index is 11.4. The predicted molar refractivity (Wildman–Crippen MR) is 56.4 cm³/mol. The first-order chi connectivity index (χ1) is 7.70. The van der Waals surface area contributed by atoms with Gasteiger partial charge in [0.25, 0.3) is 0 Å². The number of carbonyl (C=O) groups excluding carboxylic acids is 1. The molecular formula is C8H14N2O6S. The highest BCUT2D eigenvalue weighted by Gasteiger charge is 2.37. The lowest BCUT2D eigenvalue weighted by Crippen LogP contribution is -2.37. The molecule has 0 aromatic heterocycles. The molecule has 1 saturated heterocycles. The molecule has 4 N–H and O–H groups in total. The van der Waals surface area contributed by atoms with Crippen LogP contribution in [0.4, 0.5) is 0 Å². The van der Waals surface area contributed by atoms with Crippen LogP contribution in [0.15, 0.2) is 0 Å². The van der Waals surface area contributed by atoms with E-state index in [9.17, 15) is 23.1 Å². The van der Waals surface area contributed by atoms with E-state index in [0.29, 0.717) is 0 Å². The Morgan fingerprint density at radius 1 is 1.59 bits per heavy atom. The van der Waals surface area contributed by atoms with Gasteiger partial charge in [0.2, 0.25) is 15.9 Å². The molecule has 1 amide bonds. The van der Waals surface area contributed by atoms with E-state index in [4.69, 9.17) is 10.2 Å². The molecule has 2 unspecified atom stereocenters. The number of aliphatic carboxylic acids is 1. The summed E-state index contributed by atoms with van der Waals surface area (Å²) in [5.74, 6) is -1.64. The number of carboxylic acid groups (broad SMARTS) is 1. The number of primary sulfonamides is 1.